The summed E-state index contributed by atoms with van der Waals surface area (Å²) >= 11 is 1.21. The van der Waals surface area contributed by atoms with Crippen LogP contribution in [0.1, 0.15) is 36.1 Å². The number of nitriles is 1. The normalized spacial score (nSPS) is 11.8. The smallest absolute Gasteiger partial charge is 0.247 e. The molecule has 0 aliphatic carbocycles. The van der Waals surface area contributed by atoms with E-state index in [1.165, 1.54) is 11.8 Å². The molecule has 3 N–H and O–H groups in total. The van der Waals surface area contributed by atoms with Gasteiger partial charge in [-0.1, -0.05) is 36.4 Å². The topological polar surface area (TPSA) is 110 Å². The number of nitrogen functional groups attached to an aromatic ring is 1. The lowest BCUT2D eigenvalue weighted by Gasteiger charge is -2.20. The fraction of sp³-hybridized carbons (Fsp3) is 0.412. The Hall–Kier alpha value is -2.53. The number of hydrogen-bond acceptors (Lipinski definition) is 6. The van der Waals surface area contributed by atoms with Gasteiger partial charge in [-0.3, -0.25) is 9.36 Å². The van der Waals surface area contributed by atoms with Crippen molar-refractivity contribution in [2.24, 2.45) is 0 Å². The number of aryl methyl sites for hydroxylation is 3. The van der Waals surface area contributed by atoms with Crippen LogP contribution < -0.4 is 11.1 Å². The van der Waals surface area contributed by atoms with E-state index in [0.717, 1.165) is 22.4 Å². The Balaban J connectivity index is 2.32. The van der Waals surface area contributed by atoms with E-state index >= 15 is 0 Å². The van der Waals surface area contributed by atoms with Gasteiger partial charge in [-0.05, 0) is 38.3 Å². The Morgan fingerprint density at radius 1 is 1.36 bits per heavy atom. The van der Waals surface area contributed by atoms with Crippen molar-refractivity contribution >= 4 is 29.3 Å². The zero-order chi connectivity index (χ0) is 18.6. The average molecular weight is 358 g/mol. The average Bonchev–Trinajstić information content (AvgIpc) is 2.91. The molecule has 1 aromatic carbocycles. The second kappa shape index (κ2) is 8.03. The minimum atomic E-state index is -0.545. The van der Waals surface area contributed by atoms with Gasteiger partial charge >= 0.3 is 0 Å². The van der Waals surface area contributed by atoms with Gasteiger partial charge in [-0.15, -0.1) is 10.2 Å². The predicted molar refractivity (Wildman–Crippen MR) is 99.4 cm³/mol. The van der Waals surface area contributed by atoms with E-state index in [1.54, 1.807) is 4.57 Å². The molecule has 8 heteroatoms. The largest absolute Gasteiger partial charge is 0.368 e. The van der Waals surface area contributed by atoms with Crippen molar-refractivity contribution in [1.82, 2.24) is 14.8 Å². The van der Waals surface area contributed by atoms with Crippen molar-refractivity contribution in [3.63, 3.8) is 0 Å². The molecule has 0 radical (unpaired) electrons. The third kappa shape index (κ3) is 4.12. The van der Waals surface area contributed by atoms with Crippen LogP contribution in [0.4, 0.5) is 11.6 Å². The van der Waals surface area contributed by atoms with Crippen LogP contribution in [0.2, 0.25) is 0 Å². The van der Waals surface area contributed by atoms with E-state index in [2.05, 4.69) is 15.5 Å². The minimum absolute atomic E-state index is 0.166. The van der Waals surface area contributed by atoms with Gasteiger partial charge in [0, 0.05) is 5.69 Å². The fourth-order valence-electron chi connectivity index (χ4n) is 2.85. The highest BCUT2D eigenvalue weighted by Crippen LogP contribution is 2.28. The van der Waals surface area contributed by atoms with Gasteiger partial charge in [-0.2, -0.15) is 5.26 Å². The Morgan fingerprint density at radius 3 is 2.56 bits per heavy atom. The van der Waals surface area contributed by atoms with Gasteiger partial charge in [0.2, 0.25) is 11.9 Å². The van der Waals surface area contributed by atoms with Gasteiger partial charge in [0.15, 0.2) is 5.16 Å². The summed E-state index contributed by atoms with van der Waals surface area (Å²) in [4.78, 5) is 12.9. The molecule has 0 saturated carbocycles. The van der Waals surface area contributed by atoms with Crippen LogP contribution in [0.3, 0.4) is 0 Å². The Kier molecular flexibility index (Phi) is 6.04. The lowest BCUT2D eigenvalue weighted by Crippen LogP contribution is -2.27. The van der Waals surface area contributed by atoms with Crippen molar-refractivity contribution in [2.45, 2.75) is 45.3 Å². The highest BCUT2D eigenvalue weighted by atomic mass is 32.2. The van der Waals surface area contributed by atoms with Gasteiger partial charge in [-0.25, -0.2) is 0 Å². The first-order chi connectivity index (χ1) is 11.9. The highest BCUT2D eigenvalue weighted by Gasteiger charge is 2.25. The van der Waals surface area contributed by atoms with Crippen molar-refractivity contribution in [1.29, 1.82) is 5.26 Å². The molecular formula is C17H22N6OS. The molecule has 25 heavy (non-hydrogen) atoms. The first kappa shape index (κ1) is 18.8. The third-order valence-corrected chi connectivity index (χ3v) is 4.69. The monoisotopic (exact) mass is 358 g/mol. The second-order valence-electron chi connectivity index (χ2n) is 5.84. The number of hydrogen-bond donors (Lipinski definition) is 2. The Bertz CT molecular complexity index is 800. The van der Waals surface area contributed by atoms with Crippen molar-refractivity contribution < 1.29 is 4.79 Å². The first-order valence-electron chi connectivity index (χ1n) is 7.97. The van der Waals surface area contributed by atoms with Crippen LogP contribution in [-0.2, 0) is 4.79 Å². The number of anilines is 2. The Morgan fingerprint density at radius 2 is 2.00 bits per heavy atom. The summed E-state index contributed by atoms with van der Waals surface area (Å²) in [6.45, 7) is 7.87. The van der Waals surface area contributed by atoms with Crippen LogP contribution >= 0.6 is 11.8 Å². The number of carbonyl (C=O) groups is 1. The number of nitrogens with one attached hydrogen (secondary N) is 1. The Labute approximate surface area is 151 Å². The van der Waals surface area contributed by atoms with Crippen molar-refractivity contribution in [2.75, 3.05) is 16.8 Å². The molecule has 132 valence electrons. The van der Waals surface area contributed by atoms with E-state index < -0.39 is 6.04 Å². The maximum atomic E-state index is 12.9. The molecule has 1 heterocycles. The second-order valence-corrected chi connectivity index (χ2v) is 6.79. The third-order valence-electron chi connectivity index (χ3n) is 3.88. The highest BCUT2D eigenvalue weighted by molar-refractivity contribution is 7.99. The summed E-state index contributed by atoms with van der Waals surface area (Å²) < 4.78 is 1.59. The molecule has 1 atom stereocenters. The number of nitrogens with two attached hydrogens (primary N) is 1. The molecule has 0 saturated heterocycles. The molecule has 0 aliphatic rings. The van der Waals surface area contributed by atoms with E-state index in [0.29, 0.717) is 11.6 Å². The van der Waals surface area contributed by atoms with Crippen LogP contribution in [-0.4, -0.2) is 26.4 Å². The summed E-state index contributed by atoms with van der Waals surface area (Å²) in [7, 11) is 0. The number of aromatic nitrogens is 3. The van der Waals surface area contributed by atoms with E-state index in [9.17, 15) is 4.79 Å². The van der Waals surface area contributed by atoms with Crippen LogP contribution in [0.25, 0.3) is 0 Å². The van der Waals surface area contributed by atoms with Crippen molar-refractivity contribution in [3.8, 4) is 6.07 Å². The molecule has 0 spiro atoms. The fourth-order valence-corrected chi connectivity index (χ4v) is 3.50. The number of nitrogens with zero attached hydrogens (tertiary/aromatic N) is 4. The summed E-state index contributed by atoms with van der Waals surface area (Å²) in [5.74, 6) is 0.203. The van der Waals surface area contributed by atoms with Crippen LogP contribution in [0.5, 0.6) is 0 Å². The number of rotatable bonds is 6. The predicted octanol–water partition coefficient (Wildman–Crippen LogP) is 2.99. The minimum Gasteiger partial charge on any atom is -0.368 e. The first-order valence-corrected chi connectivity index (χ1v) is 8.96. The quantitative estimate of drug-likeness (QED) is 0.768. The molecular weight excluding hydrogens is 336 g/mol. The number of benzene rings is 1. The lowest BCUT2D eigenvalue weighted by molar-refractivity contribution is -0.119. The number of thioether (sulfide) groups is 1. The lowest BCUT2D eigenvalue weighted by atomic mass is 10.0. The van der Waals surface area contributed by atoms with Crippen LogP contribution in [0, 0.1) is 32.1 Å². The maximum Gasteiger partial charge on any atom is 0.247 e. The van der Waals surface area contributed by atoms with E-state index in [4.69, 9.17) is 11.0 Å². The molecule has 0 bridgehead atoms. The molecule has 2 aromatic rings. The molecule has 0 aliphatic heterocycles. The van der Waals surface area contributed by atoms with E-state index in [1.807, 2.05) is 45.9 Å². The molecule has 1 aromatic heterocycles. The number of carbonyl (C=O) groups excluding carboxylic acids is 1. The zero-order valence-electron chi connectivity index (χ0n) is 14.8. The van der Waals surface area contributed by atoms with Crippen LogP contribution in [0.15, 0.2) is 17.3 Å². The molecule has 2 rings (SSSR count). The molecule has 1 unspecified atom stereocenters. The van der Waals surface area contributed by atoms with Crippen molar-refractivity contribution in [3.05, 3.63) is 28.8 Å². The van der Waals surface area contributed by atoms with Gasteiger partial charge < -0.3 is 11.1 Å². The summed E-state index contributed by atoms with van der Waals surface area (Å²) in [5, 5.41) is 20.1. The molecule has 7 nitrogen and oxygen atoms in total. The summed E-state index contributed by atoms with van der Waals surface area (Å²) in [5.41, 5.74) is 9.90. The SMILES string of the molecule is CCC(C(=O)Nc1c(C)cc(C)cc1C)n1c(N)nnc1SCC#N. The summed E-state index contributed by atoms with van der Waals surface area (Å²) in [6, 6.07) is 5.56. The zero-order valence-corrected chi connectivity index (χ0v) is 15.6. The van der Waals surface area contributed by atoms with Gasteiger partial charge in [0.05, 0.1) is 11.8 Å². The standard InChI is InChI=1S/C17H22N6OS/c1-5-13(23-16(19)21-22-17(23)25-7-6-18)15(24)20-14-11(3)8-10(2)9-12(14)4/h8-9,13H,5,7H2,1-4H3,(H2,19,21)(H,20,24). The maximum absolute atomic E-state index is 12.9. The van der Waals surface area contributed by atoms with Gasteiger partial charge in [0.25, 0.3) is 0 Å². The van der Waals surface area contributed by atoms with E-state index in [-0.39, 0.29) is 17.6 Å². The molecule has 0 fully saturated rings. The number of amides is 1. The molecule has 1 amide bonds. The summed E-state index contributed by atoms with van der Waals surface area (Å²) in [6.07, 6.45) is 0.526. The van der Waals surface area contributed by atoms with Gasteiger partial charge in [0.1, 0.15) is 6.04 Å².